The first kappa shape index (κ1) is 21.0. The Morgan fingerprint density at radius 3 is 2.50 bits per heavy atom. The van der Waals surface area contributed by atoms with Crippen molar-refractivity contribution in [3.8, 4) is 5.75 Å². The number of nitrogens with zero attached hydrogens (tertiary/aromatic N) is 1. The number of para-hydroxylation sites is 1. The number of imide groups is 1. The summed E-state index contributed by atoms with van der Waals surface area (Å²) in [6.45, 7) is -0.0675. The Hall–Kier alpha value is -3.68. The van der Waals surface area contributed by atoms with Gasteiger partial charge in [0.15, 0.2) is 6.61 Å². The van der Waals surface area contributed by atoms with Crippen LogP contribution in [0.1, 0.15) is 28.8 Å². The number of anilines is 1. The molecule has 0 spiro atoms. The van der Waals surface area contributed by atoms with Crippen molar-refractivity contribution < 1.29 is 28.7 Å². The fraction of sp³-hybridized carbons (Fsp3) is 0.273. The van der Waals surface area contributed by atoms with E-state index in [1.54, 1.807) is 19.2 Å². The van der Waals surface area contributed by atoms with Crippen LogP contribution in [0.5, 0.6) is 5.75 Å². The predicted octanol–water partition coefficient (Wildman–Crippen LogP) is 1.86. The van der Waals surface area contributed by atoms with Crippen LogP contribution in [0.4, 0.5) is 5.69 Å². The molecular formula is C22H22N2O6. The van der Waals surface area contributed by atoms with Gasteiger partial charge in [-0.2, -0.15) is 0 Å². The van der Waals surface area contributed by atoms with Gasteiger partial charge in [-0.1, -0.05) is 24.3 Å². The van der Waals surface area contributed by atoms with E-state index in [-0.39, 0.29) is 30.2 Å². The number of rotatable bonds is 8. The Morgan fingerprint density at radius 2 is 1.77 bits per heavy atom. The van der Waals surface area contributed by atoms with Crippen LogP contribution in [0.15, 0.2) is 48.5 Å². The van der Waals surface area contributed by atoms with E-state index in [1.165, 1.54) is 12.1 Å². The van der Waals surface area contributed by atoms with Gasteiger partial charge in [0.2, 0.25) is 11.8 Å². The minimum Gasteiger partial charge on any atom is -0.496 e. The van der Waals surface area contributed by atoms with Gasteiger partial charge >= 0.3 is 5.97 Å². The fourth-order valence-corrected chi connectivity index (χ4v) is 3.15. The summed E-state index contributed by atoms with van der Waals surface area (Å²) in [5.41, 5.74) is 1.43. The molecule has 30 heavy (non-hydrogen) atoms. The van der Waals surface area contributed by atoms with Crippen molar-refractivity contribution in [2.75, 3.05) is 25.2 Å². The van der Waals surface area contributed by atoms with Crippen LogP contribution in [-0.4, -0.2) is 44.0 Å². The molecule has 1 N–H and O–H groups in total. The molecule has 0 aliphatic carbocycles. The van der Waals surface area contributed by atoms with Crippen molar-refractivity contribution in [1.29, 1.82) is 0 Å². The number of esters is 1. The van der Waals surface area contributed by atoms with E-state index in [0.29, 0.717) is 18.7 Å². The molecule has 2 aromatic carbocycles. The number of methoxy groups -OCH3 is 1. The maximum atomic E-state index is 12.3. The van der Waals surface area contributed by atoms with Crippen LogP contribution < -0.4 is 15.0 Å². The molecule has 8 heteroatoms. The van der Waals surface area contributed by atoms with Crippen molar-refractivity contribution in [2.24, 2.45) is 0 Å². The summed E-state index contributed by atoms with van der Waals surface area (Å²) in [6, 6.07) is 13.5. The average Bonchev–Trinajstić information content (AvgIpc) is 3.10. The lowest BCUT2D eigenvalue weighted by molar-refractivity contribution is -0.124. The van der Waals surface area contributed by atoms with Crippen LogP contribution >= 0.6 is 0 Å². The van der Waals surface area contributed by atoms with Gasteiger partial charge in [0.25, 0.3) is 5.91 Å². The van der Waals surface area contributed by atoms with Gasteiger partial charge in [0.05, 0.1) is 18.4 Å². The first-order chi connectivity index (χ1) is 14.5. The second kappa shape index (κ2) is 9.69. The summed E-state index contributed by atoms with van der Waals surface area (Å²) in [7, 11) is 1.58. The van der Waals surface area contributed by atoms with Crippen molar-refractivity contribution in [3.63, 3.8) is 0 Å². The maximum absolute atomic E-state index is 12.3. The fourth-order valence-electron chi connectivity index (χ4n) is 3.15. The number of ether oxygens (including phenoxy) is 2. The van der Waals surface area contributed by atoms with Crippen molar-refractivity contribution in [3.05, 3.63) is 59.7 Å². The van der Waals surface area contributed by atoms with Crippen LogP contribution in [0.25, 0.3) is 0 Å². The van der Waals surface area contributed by atoms with E-state index in [0.717, 1.165) is 16.2 Å². The number of hydrogen-bond acceptors (Lipinski definition) is 6. The van der Waals surface area contributed by atoms with Gasteiger partial charge in [-0.05, 0) is 36.2 Å². The molecule has 3 amide bonds. The molecule has 1 aliphatic heterocycles. The van der Waals surface area contributed by atoms with Crippen molar-refractivity contribution in [1.82, 2.24) is 5.32 Å². The molecule has 0 aromatic heterocycles. The van der Waals surface area contributed by atoms with E-state index in [2.05, 4.69) is 5.32 Å². The summed E-state index contributed by atoms with van der Waals surface area (Å²) in [4.78, 5) is 49.0. The van der Waals surface area contributed by atoms with Gasteiger partial charge < -0.3 is 14.8 Å². The number of carbonyl (C=O) groups excluding carboxylic acids is 4. The van der Waals surface area contributed by atoms with Gasteiger partial charge in [-0.3, -0.25) is 19.3 Å². The molecule has 0 atom stereocenters. The Morgan fingerprint density at radius 1 is 1.03 bits per heavy atom. The number of nitrogens with one attached hydrogen (secondary N) is 1. The third-order valence-electron chi connectivity index (χ3n) is 4.63. The van der Waals surface area contributed by atoms with Crippen molar-refractivity contribution in [2.45, 2.75) is 19.3 Å². The quantitative estimate of drug-likeness (QED) is 0.527. The molecule has 1 heterocycles. The van der Waals surface area contributed by atoms with E-state index in [4.69, 9.17) is 9.47 Å². The molecule has 2 aromatic rings. The minimum atomic E-state index is -0.712. The normalized spacial score (nSPS) is 13.3. The summed E-state index contributed by atoms with van der Waals surface area (Å²) in [5.74, 6) is -1.01. The average molecular weight is 410 g/mol. The topological polar surface area (TPSA) is 102 Å². The number of benzene rings is 2. The van der Waals surface area contributed by atoms with E-state index in [1.807, 2.05) is 24.3 Å². The number of carbonyl (C=O) groups is 4. The summed E-state index contributed by atoms with van der Waals surface area (Å²) < 4.78 is 10.3. The molecular weight excluding hydrogens is 388 g/mol. The van der Waals surface area contributed by atoms with Gasteiger partial charge in [-0.25, -0.2) is 4.79 Å². The zero-order valence-electron chi connectivity index (χ0n) is 16.6. The minimum absolute atomic E-state index is 0.154. The molecule has 8 nitrogen and oxygen atoms in total. The monoisotopic (exact) mass is 410 g/mol. The lowest BCUT2D eigenvalue weighted by atomic mass is 10.1. The Balaban J connectivity index is 1.49. The van der Waals surface area contributed by atoms with E-state index < -0.39 is 18.5 Å². The molecule has 1 aliphatic rings. The highest BCUT2D eigenvalue weighted by Gasteiger charge is 2.30. The summed E-state index contributed by atoms with van der Waals surface area (Å²) in [5, 5.41) is 2.69. The Labute approximate surface area is 173 Å². The van der Waals surface area contributed by atoms with Crippen LogP contribution in [0, 0.1) is 0 Å². The maximum Gasteiger partial charge on any atom is 0.338 e. The highest BCUT2D eigenvalue weighted by Crippen LogP contribution is 2.23. The number of hydrogen-bond donors (Lipinski definition) is 1. The second-order valence-electron chi connectivity index (χ2n) is 6.66. The second-order valence-corrected chi connectivity index (χ2v) is 6.66. The van der Waals surface area contributed by atoms with Crippen molar-refractivity contribution >= 4 is 29.4 Å². The van der Waals surface area contributed by atoms with E-state index >= 15 is 0 Å². The molecule has 3 rings (SSSR count). The third kappa shape index (κ3) is 5.02. The highest BCUT2D eigenvalue weighted by molar-refractivity contribution is 6.20. The van der Waals surface area contributed by atoms with Crippen LogP contribution in [0.3, 0.4) is 0 Å². The largest absolute Gasteiger partial charge is 0.496 e. The molecule has 0 radical (unpaired) electrons. The molecule has 0 unspecified atom stereocenters. The molecule has 0 bridgehead atoms. The Kier molecular flexibility index (Phi) is 6.79. The summed E-state index contributed by atoms with van der Waals surface area (Å²) >= 11 is 0. The SMILES string of the molecule is COc1ccccc1CCNC(=O)COC(=O)c1cccc(N2C(=O)CCC2=O)c1. The lowest BCUT2D eigenvalue weighted by Crippen LogP contribution is -2.30. The van der Waals surface area contributed by atoms with Gasteiger partial charge in [-0.15, -0.1) is 0 Å². The first-order valence-electron chi connectivity index (χ1n) is 9.51. The molecule has 156 valence electrons. The smallest absolute Gasteiger partial charge is 0.338 e. The standard InChI is InChI=1S/C22H22N2O6/c1-29-18-8-3-2-5-15(18)11-12-23-19(25)14-30-22(28)16-6-4-7-17(13-16)24-20(26)9-10-21(24)27/h2-8,13H,9-12,14H2,1H3,(H,23,25). The Bertz CT molecular complexity index is 956. The lowest BCUT2D eigenvalue weighted by Gasteiger charge is -2.14. The zero-order chi connectivity index (χ0) is 21.5. The zero-order valence-corrected chi connectivity index (χ0v) is 16.6. The summed E-state index contributed by atoms with van der Waals surface area (Å²) in [6.07, 6.45) is 0.884. The van der Waals surface area contributed by atoms with Crippen LogP contribution in [-0.2, 0) is 25.5 Å². The van der Waals surface area contributed by atoms with Gasteiger partial charge in [0, 0.05) is 19.4 Å². The number of amides is 3. The van der Waals surface area contributed by atoms with Gasteiger partial charge in [0.1, 0.15) is 5.75 Å². The third-order valence-corrected chi connectivity index (χ3v) is 4.63. The first-order valence-corrected chi connectivity index (χ1v) is 9.51. The van der Waals surface area contributed by atoms with E-state index in [9.17, 15) is 19.2 Å². The molecule has 1 fully saturated rings. The highest BCUT2D eigenvalue weighted by atomic mass is 16.5. The predicted molar refractivity (Wildman–Crippen MR) is 108 cm³/mol. The molecule has 1 saturated heterocycles. The van der Waals surface area contributed by atoms with Crippen LogP contribution in [0.2, 0.25) is 0 Å². The molecule has 0 saturated carbocycles.